The van der Waals surface area contributed by atoms with Crippen LogP contribution in [0.15, 0.2) is 29.4 Å². The van der Waals surface area contributed by atoms with Crippen LogP contribution in [-0.4, -0.2) is 31.6 Å². The summed E-state index contributed by atoms with van der Waals surface area (Å²) < 4.78 is 44.7. The van der Waals surface area contributed by atoms with E-state index in [9.17, 15) is 13.2 Å². The number of methoxy groups -OCH3 is 1. The highest BCUT2D eigenvalue weighted by Crippen LogP contribution is 2.34. The fourth-order valence-corrected chi connectivity index (χ4v) is 3.28. The summed E-state index contributed by atoms with van der Waals surface area (Å²) in [7, 11) is 2.91. The Hall–Kier alpha value is -1.56. The number of thiazole rings is 1. The first kappa shape index (κ1) is 24.5. The van der Waals surface area contributed by atoms with Crippen LogP contribution in [0, 0.1) is 0 Å². The van der Waals surface area contributed by atoms with E-state index in [-0.39, 0.29) is 41.8 Å². The molecule has 0 saturated heterocycles. The third-order valence-electron chi connectivity index (χ3n) is 3.87. The fraction of sp³-hybridized carbons (Fsp3) is 0.444. The first-order valence-corrected chi connectivity index (χ1v) is 9.31. The van der Waals surface area contributed by atoms with Gasteiger partial charge in [0.25, 0.3) is 0 Å². The molecule has 0 aliphatic carbocycles. The third kappa shape index (κ3) is 7.12. The summed E-state index contributed by atoms with van der Waals surface area (Å²) in [4.78, 5) is 9.62. The molecule has 0 saturated carbocycles. The van der Waals surface area contributed by atoms with E-state index in [1.807, 2.05) is 6.20 Å². The summed E-state index contributed by atoms with van der Waals surface area (Å²) in [6, 6.07) is 3.92. The lowest BCUT2D eigenvalue weighted by Crippen LogP contribution is -2.38. The number of aliphatic imine (C=N–C) groups is 1. The molecule has 28 heavy (non-hydrogen) atoms. The van der Waals surface area contributed by atoms with Crippen molar-refractivity contribution >= 4 is 41.3 Å². The number of nitrogens with one attached hydrogen (secondary N) is 2. The van der Waals surface area contributed by atoms with Gasteiger partial charge in [-0.15, -0.1) is 35.3 Å². The highest BCUT2D eigenvalue weighted by atomic mass is 127. The second-order valence-corrected chi connectivity index (χ2v) is 6.90. The van der Waals surface area contributed by atoms with Gasteiger partial charge < -0.3 is 15.4 Å². The molecule has 0 bridgehead atoms. The van der Waals surface area contributed by atoms with Crippen LogP contribution >= 0.6 is 35.3 Å². The number of hydrogen-bond acceptors (Lipinski definition) is 4. The molecule has 5 nitrogen and oxygen atoms in total. The lowest BCUT2D eigenvalue weighted by atomic mass is 10.1. The van der Waals surface area contributed by atoms with Gasteiger partial charge in [0.2, 0.25) is 0 Å². The molecule has 1 heterocycles. The van der Waals surface area contributed by atoms with E-state index < -0.39 is 11.7 Å². The molecule has 1 aromatic heterocycles. The highest BCUT2D eigenvalue weighted by molar-refractivity contribution is 14.0. The van der Waals surface area contributed by atoms with Gasteiger partial charge in [-0.2, -0.15) is 13.2 Å². The van der Waals surface area contributed by atoms with Crippen molar-refractivity contribution in [3.05, 3.63) is 45.4 Å². The van der Waals surface area contributed by atoms with Crippen LogP contribution < -0.4 is 15.4 Å². The van der Waals surface area contributed by atoms with Gasteiger partial charge in [0.1, 0.15) is 5.75 Å². The van der Waals surface area contributed by atoms with Crippen molar-refractivity contribution in [2.24, 2.45) is 4.99 Å². The van der Waals surface area contributed by atoms with Crippen LogP contribution in [0.1, 0.15) is 27.9 Å². The van der Waals surface area contributed by atoms with E-state index in [4.69, 9.17) is 4.74 Å². The Morgan fingerprint density at radius 3 is 2.61 bits per heavy atom. The van der Waals surface area contributed by atoms with Crippen molar-refractivity contribution in [1.82, 2.24) is 15.6 Å². The van der Waals surface area contributed by atoms with Crippen LogP contribution in [-0.2, 0) is 25.6 Å². The van der Waals surface area contributed by atoms with Gasteiger partial charge in [0.15, 0.2) is 5.96 Å². The lowest BCUT2D eigenvalue weighted by Gasteiger charge is -2.16. The van der Waals surface area contributed by atoms with Crippen LogP contribution in [0.5, 0.6) is 5.75 Å². The molecule has 2 aromatic rings. The van der Waals surface area contributed by atoms with Crippen LogP contribution in [0.4, 0.5) is 13.2 Å². The number of nitrogens with zero attached hydrogens (tertiary/aromatic N) is 2. The maximum atomic E-state index is 13.3. The Kier molecular flexibility index (Phi) is 10.0. The summed E-state index contributed by atoms with van der Waals surface area (Å²) in [6.45, 7) is 2.66. The largest absolute Gasteiger partial charge is 0.497 e. The molecule has 0 aliphatic heterocycles. The Bertz CT molecular complexity index is 780. The maximum absolute atomic E-state index is 13.3. The average Bonchev–Trinajstić information content (AvgIpc) is 3.11. The second kappa shape index (κ2) is 11.4. The van der Waals surface area contributed by atoms with Gasteiger partial charge in [-0.05, 0) is 24.1 Å². The smallest absolute Gasteiger partial charge is 0.416 e. The number of ether oxygens (including phenoxy) is 1. The molecule has 0 fully saturated rings. The predicted octanol–water partition coefficient (Wildman–Crippen LogP) is 4.26. The molecule has 1 aromatic carbocycles. The third-order valence-corrected chi connectivity index (χ3v) is 5.07. The van der Waals surface area contributed by atoms with Crippen molar-refractivity contribution in [2.45, 2.75) is 32.5 Å². The number of aromatic nitrogens is 1. The van der Waals surface area contributed by atoms with Crippen molar-refractivity contribution < 1.29 is 17.9 Å². The van der Waals surface area contributed by atoms with Crippen molar-refractivity contribution in [3.8, 4) is 5.75 Å². The molecule has 10 heteroatoms. The van der Waals surface area contributed by atoms with E-state index in [1.165, 1.54) is 24.1 Å². The van der Waals surface area contributed by atoms with Crippen molar-refractivity contribution in [2.75, 3.05) is 20.7 Å². The van der Waals surface area contributed by atoms with Gasteiger partial charge in [0, 0.05) is 37.6 Å². The minimum absolute atomic E-state index is 0. The Balaban J connectivity index is 0.00000392. The summed E-state index contributed by atoms with van der Waals surface area (Å²) in [5.74, 6) is 0.606. The average molecular weight is 528 g/mol. The molecule has 0 atom stereocenters. The normalized spacial score (nSPS) is 11.7. The number of rotatable bonds is 7. The number of benzene rings is 1. The zero-order chi connectivity index (χ0) is 19.9. The molecule has 0 unspecified atom stereocenters. The lowest BCUT2D eigenvalue weighted by molar-refractivity contribution is -0.138. The minimum Gasteiger partial charge on any atom is -0.497 e. The van der Waals surface area contributed by atoms with Crippen molar-refractivity contribution in [1.29, 1.82) is 0 Å². The van der Waals surface area contributed by atoms with E-state index in [1.54, 1.807) is 18.4 Å². The predicted molar refractivity (Wildman–Crippen MR) is 117 cm³/mol. The Morgan fingerprint density at radius 1 is 1.29 bits per heavy atom. The summed E-state index contributed by atoms with van der Waals surface area (Å²) in [5, 5.41) is 7.03. The van der Waals surface area contributed by atoms with Gasteiger partial charge in [-0.1, -0.05) is 13.0 Å². The van der Waals surface area contributed by atoms with Gasteiger partial charge >= 0.3 is 6.18 Å². The molecule has 2 N–H and O–H groups in total. The molecule has 2 rings (SSSR count). The Labute approximate surface area is 183 Å². The molecule has 0 radical (unpaired) electrons. The van der Waals surface area contributed by atoms with Crippen LogP contribution in [0.3, 0.4) is 0 Å². The van der Waals surface area contributed by atoms with E-state index in [2.05, 4.69) is 27.5 Å². The van der Waals surface area contributed by atoms with Crippen LogP contribution in [0.25, 0.3) is 0 Å². The van der Waals surface area contributed by atoms with E-state index in [0.717, 1.165) is 23.9 Å². The molecular formula is C18H24F3IN4OS. The summed E-state index contributed by atoms with van der Waals surface area (Å²) >= 11 is 1.66. The van der Waals surface area contributed by atoms with Gasteiger partial charge in [-0.25, -0.2) is 4.98 Å². The molecule has 0 spiro atoms. The Morgan fingerprint density at radius 2 is 2.04 bits per heavy atom. The number of halogens is 4. The zero-order valence-electron chi connectivity index (χ0n) is 15.9. The first-order chi connectivity index (χ1) is 12.9. The summed E-state index contributed by atoms with van der Waals surface area (Å²) in [6.07, 6.45) is -0.904. The van der Waals surface area contributed by atoms with E-state index >= 15 is 0 Å². The highest BCUT2D eigenvalue weighted by Gasteiger charge is 2.33. The fourth-order valence-electron chi connectivity index (χ4n) is 2.42. The summed E-state index contributed by atoms with van der Waals surface area (Å²) in [5.41, 5.74) is -0.599. The zero-order valence-corrected chi connectivity index (χ0v) is 19.0. The maximum Gasteiger partial charge on any atom is 0.416 e. The SMILES string of the molecule is CCc1cnc(CCNC(=NC)NCc2ccc(OC)cc2C(F)(F)F)s1.I. The van der Waals surface area contributed by atoms with Crippen LogP contribution in [0.2, 0.25) is 0 Å². The molecule has 0 amide bonds. The number of guanidine groups is 1. The monoisotopic (exact) mass is 528 g/mol. The van der Waals surface area contributed by atoms with Crippen molar-refractivity contribution in [3.63, 3.8) is 0 Å². The second-order valence-electron chi connectivity index (χ2n) is 5.70. The quantitative estimate of drug-likeness (QED) is 0.321. The number of alkyl halides is 3. The first-order valence-electron chi connectivity index (χ1n) is 8.49. The molecule has 0 aliphatic rings. The number of hydrogen-bond donors (Lipinski definition) is 2. The van der Waals surface area contributed by atoms with Gasteiger partial charge in [-0.3, -0.25) is 4.99 Å². The molecule has 156 valence electrons. The van der Waals surface area contributed by atoms with E-state index in [0.29, 0.717) is 12.5 Å². The van der Waals surface area contributed by atoms with Gasteiger partial charge in [0.05, 0.1) is 17.7 Å². The minimum atomic E-state index is -4.45. The molecular weight excluding hydrogens is 504 g/mol. The topological polar surface area (TPSA) is 58.5 Å². The standard InChI is InChI=1S/C18H23F3N4OS.HI/c1-4-14-11-24-16(27-14)7-8-23-17(22-2)25-10-12-5-6-13(26-3)9-15(12)18(19,20)21;/h5-6,9,11H,4,7-8,10H2,1-3H3,(H2,22,23,25);1H. The number of aryl methyl sites for hydroxylation is 1.